The van der Waals surface area contributed by atoms with Crippen LogP contribution in [0.1, 0.15) is 30.7 Å². The fourth-order valence-electron chi connectivity index (χ4n) is 2.11. The highest BCUT2D eigenvalue weighted by Gasteiger charge is 2.16. The normalized spacial score (nSPS) is 11.2. The van der Waals surface area contributed by atoms with Crippen LogP contribution in [0.3, 0.4) is 0 Å². The summed E-state index contributed by atoms with van der Waals surface area (Å²) in [6.07, 6.45) is 0. The summed E-state index contributed by atoms with van der Waals surface area (Å²) in [4.78, 5) is 0. The molecule has 0 saturated heterocycles. The molecule has 5 heteroatoms. The number of hydrogen-bond donors (Lipinski definition) is 1. The Balaban J connectivity index is 2.32. The van der Waals surface area contributed by atoms with E-state index in [9.17, 15) is 0 Å². The molecule has 114 valence electrons. The molecule has 0 aliphatic heterocycles. The third-order valence-corrected chi connectivity index (χ3v) is 3.57. The Morgan fingerprint density at radius 1 is 1.33 bits per heavy atom. The second-order valence-corrected chi connectivity index (χ2v) is 5.98. The maximum atomic E-state index is 6.08. The SMILES string of the molecule is Cc1ccc(Cl)cc1Oc1c(CNC(C)C)c(C)nn1C. The largest absolute Gasteiger partial charge is 0.439 e. The highest BCUT2D eigenvalue weighted by Crippen LogP contribution is 2.31. The first kappa shape index (κ1) is 15.9. The zero-order valence-corrected chi connectivity index (χ0v) is 14.0. The minimum atomic E-state index is 0.408. The van der Waals surface area contributed by atoms with E-state index in [4.69, 9.17) is 16.3 Å². The zero-order valence-electron chi connectivity index (χ0n) is 13.2. The molecule has 0 unspecified atom stereocenters. The Bertz CT molecular complexity index is 635. The van der Waals surface area contributed by atoms with Crippen molar-refractivity contribution in [2.75, 3.05) is 0 Å². The molecule has 0 aliphatic carbocycles. The summed E-state index contributed by atoms with van der Waals surface area (Å²) in [6.45, 7) is 8.96. The van der Waals surface area contributed by atoms with Crippen LogP contribution in [-0.4, -0.2) is 15.8 Å². The van der Waals surface area contributed by atoms with Crippen molar-refractivity contribution in [2.45, 2.75) is 40.3 Å². The summed E-state index contributed by atoms with van der Waals surface area (Å²) in [5, 5.41) is 8.53. The highest BCUT2D eigenvalue weighted by atomic mass is 35.5. The van der Waals surface area contributed by atoms with Gasteiger partial charge in [-0.25, -0.2) is 4.68 Å². The highest BCUT2D eigenvalue weighted by molar-refractivity contribution is 6.30. The van der Waals surface area contributed by atoms with Gasteiger partial charge in [-0.2, -0.15) is 5.10 Å². The van der Waals surface area contributed by atoms with Crippen LogP contribution in [0.25, 0.3) is 0 Å². The van der Waals surface area contributed by atoms with E-state index >= 15 is 0 Å². The number of benzene rings is 1. The quantitative estimate of drug-likeness (QED) is 0.908. The molecule has 1 N–H and O–H groups in total. The smallest absolute Gasteiger partial charge is 0.222 e. The fraction of sp³-hybridized carbons (Fsp3) is 0.438. The van der Waals surface area contributed by atoms with Gasteiger partial charge in [0.05, 0.1) is 11.3 Å². The van der Waals surface area contributed by atoms with Crippen LogP contribution in [0, 0.1) is 13.8 Å². The lowest BCUT2D eigenvalue weighted by atomic mass is 10.2. The van der Waals surface area contributed by atoms with Crippen molar-refractivity contribution in [3.8, 4) is 11.6 Å². The van der Waals surface area contributed by atoms with Gasteiger partial charge in [0.2, 0.25) is 5.88 Å². The molecule has 0 radical (unpaired) electrons. The van der Waals surface area contributed by atoms with Gasteiger partial charge in [-0.3, -0.25) is 0 Å². The van der Waals surface area contributed by atoms with Crippen LogP contribution < -0.4 is 10.1 Å². The lowest BCUT2D eigenvalue weighted by Crippen LogP contribution is -2.22. The van der Waals surface area contributed by atoms with E-state index in [1.165, 1.54) is 0 Å². The van der Waals surface area contributed by atoms with Gasteiger partial charge in [0.1, 0.15) is 5.75 Å². The lowest BCUT2D eigenvalue weighted by molar-refractivity contribution is 0.420. The van der Waals surface area contributed by atoms with Gasteiger partial charge < -0.3 is 10.1 Å². The number of ether oxygens (including phenoxy) is 1. The van der Waals surface area contributed by atoms with E-state index in [1.54, 1.807) is 4.68 Å². The Labute approximate surface area is 131 Å². The number of halogens is 1. The van der Waals surface area contributed by atoms with Gasteiger partial charge in [-0.05, 0) is 31.5 Å². The minimum Gasteiger partial charge on any atom is -0.439 e. The molecule has 0 amide bonds. The molecule has 0 spiro atoms. The zero-order chi connectivity index (χ0) is 15.6. The van der Waals surface area contributed by atoms with Gasteiger partial charge in [-0.15, -0.1) is 0 Å². The van der Waals surface area contributed by atoms with Crippen LogP contribution >= 0.6 is 11.6 Å². The van der Waals surface area contributed by atoms with Crippen molar-refractivity contribution < 1.29 is 4.74 Å². The lowest BCUT2D eigenvalue weighted by Gasteiger charge is -2.13. The molecule has 0 fully saturated rings. The van der Waals surface area contributed by atoms with Crippen LogP contribution in [0.5, 0.6) is 11.6 Å². The summed E-state index contributed by atoms with van der Waals surface area (Å²) >= 11 is 6.06. The van der Waals surface area contributed by atoms with E-state index < -0.39 is 0 Å². The van der Waals surface area contributed by atoms with Crippen molar-refractivity contribution in [1.29, 1.82) is 0 Å². The number of nitrogens with one attached hydrogen (secondary N) is 1. The minimum absolute atomic E-state index is 0.408. The van der Waals surface area contributed by atoms with Gasteiger partial charge in [0, 0.05) is 24.7 Å². The Kier molecular flexibility index (Phi) is 4.91. The summed E-state index contributed by atoms with van der Waals surface area (Å²) in [5.74, 6) is 1.52. The van der Waals surface area contributed by atoms with Crippen molar-refractivity contribution in [3.63, 3.8) is 0 Å². The molecular formula is C16H22ClN3O. The number of aryl methyl sites for hydroxylation is 3. The third-order valence-electron chi connectivity index (χ3n) is 3.33. The summed E-state index contributed by atoms with van der Waals surface area (Å²) in [5.41, 5.74) is 3.09. The summed E-state index contributed by atoms with van der Waals surface area (Å²) in [6, 6.07) is 6.05. The topological polar surface area (TPSA) is 39.1 Å². The predicted octanol–water partition coefficient (Wildman–Crippen LogP) is 3.98. The van der Waals surface area contributed by atoms with Crippen molar-refractivity contribution in [3.05, 3.63) is 40.0 Å². The molecule has 0 aliphatic rings. The maximum absolute atomic E-state index is 6.08. The fourth-order valence-corrected chi connectivity index (χ4v) is 2.27. The van der Waals surface area contributed by atoms with E-state index in [1.807, 2.05) is 39.1 Å². The molecule has 0 saturated carbocycles. The maximum Gasteiger partial charge on any atom is 0.222 e. The molecule has 0 bridgehead atoms. The number of aromatic nitrogens is 2. The molecule has 1 heterocycles. The van der Waals surface area contributed by atoms with Gasteiger partial charge in [0.15, 0.2) is 0 Å². The average molecular weight is 308 g/mol. The number of rotatable bonds is 5. The first-order valence-corrected chi connectivity index (χ1v) is 7.46. The predicted molar refractivity (Wildman–Crippen MR) is 86.2 cm³/mol. The molecule has 1 aromatic heterocycles. The Morgan fingerprint density at radius 3 is 2.71 bits per heavy atom. The van der Waals surface area contributed by atoms with E-state index in [0.717, 1.165) is 35.0 Å². The first-order valence-electron chi connectivity index (χ1n) is 7.08. The van der Waals surface area contributed by atoms with Gasteiger partial charge >= 0.3 is 0 Å². The third kappa shape index (κ3) is 3.77. The van der Waals surface area contributed by atoms with Crippen LogP contribution in [0.4, 0.5) is 0 Å². The van der Waals surface area contributed by atoms with E-state index in [2.05, 4.69) is 24.3 Å². The second-order valence-electron chi connectivity index (χ2n) is 5.54. The number of nitrogens with zero attached hydrogens (tertiary/aromatic N) is 2. The summed E-state index contributed by atoms with van der Waals surface area (Å²) < 4.78 is 7.85. The standard InChI is InChI=1S/C16H22ClN3O/c1-10(2)18-9-14-12(4)19-20(5)16(14)21-15-8-13(17)7-6-11(15)3/h6-8,10,18H,9H2,1-5H3. The molecule has 0 atom stereocenters. The van der Waals surface area contributed by atoms with Crippen LogP contribution in [-0.2, 0) is 13.6 Å². The molecule has 1 aromatic carbocycles. The first-order chi connectivity index (χ1) is 9.88. The van der Waals surface area contributed by atoms with Gasteiger partial charge in [0.25, 0.3) is 0 Å². The van der Waals surface area contributed by atoms with E-state index in [-0.39, 0.29) is 0 Å². The van der Waals surface area contributed by atoms with E-state index in [0.29, 0.717) is 11.1 Å². The molecule has 4 nitrogen and oxygen atoms in total. The second kappa shape index (κ2) is 6.50. The van der Waals surface area contributed by atoms with Crippen molar-refractivity contribution >= 4 is 11.6 Å². The van der Waals surface area contributed by atoms with Crippen LogP contribution in [0.15, 0.2) is 18.2 Å². The van der Waals surface area contributed by atoms with Crippen molar-refractivity contribution in [1.82, 2.24) is 15.1 Å². The summed E-state index contributed by atoms with van der Waals surface area (Å²) in [7, 11) is 1.89. The Morgan fingerprint density at radius 2 is 2.05 bits per heavy atom. The van der Waals surface area contributed by atoms with Gasteiger partial charge in [-0.1, -0.05) is 31.5 Å². The molecule has 21 heavy (non-hydrogen) atoms. The van der Waals surface area contributed by atoms with Crippen LogP contribution in [0.2, 0.25) is 5.02 Å². The molecule has 2 rings (SSSR count). The average Bonchev–Trinajstić information content (AvgIpc) is 2.66. The Hall–Kier alpha value is -1.52. The molecule has 2 aromatic rings. The monoisotopic (exact) mass is 307 g/mol. The molecular weight excluding hydrogens is 286 g/mol. The van der Waals surface area contributed by atoms with Crippen molar-refractivity contribution in [2.24, 2.45) is 7.05 Å². The number of hydrogen-bond acceptors (Lipinski definition) is 3.